The fourth-order valence-electron chi connectivity index (χ4n) is 1.73. The van der Waals surface area contributed by atoms with Crippen molar-refractivity contribution in [1.82, 2.24) is 10.2 Å². The van der Waals surface area contributed by atoms with Crippen LogP contribution in [0.15, 0.2) is 0 Å². The number of nitrogens with one attached hydrogen (secondary N) is 1. The Morgan fingerprint density at radius 2 is 2.44 bits per heavy atom. The van der Waals surface area contributed by atoms with Crippen LogP contribution in [0.4, 0.5) is 4.79 Å². The van der Waals surface area contributed by atoms with E-state index in [0.717, 1.165) is 19.4 Å². The molecule has 0 spiro atoms. The average molecular weight is 229 g/mol. The second-order valence-electron chi connectivity index (χ2n) is 3.79. The molecule has 2 amide bonds. The first-order valence-electron chi connectivity index (χ1n) is 5.59. The van der Waals surface area contributed by atoms with Gasteiger partial charge in [0.25, 0.3) is 0 Å². The normalized spacial score (nSPS) is 20.2. The molecule has 6 heteroatoms. The highest BCUT2D eigenvalue weighted by Crippen LogP contribution is 2.10. The maximum Gasteiger partial charge on any atom is 0.404 e. The summed E-state index contributed by atoms with van der Waals surface area (Å²) in [5.41, 5.74) is 4.83. The van der Waals surface area contributed by atoms with Crippen molar-refractivity contribution in [2.45, 2.75) is 25.8 Å². The molecule has 3 N–H and O–H groups in total. The van der Waals surface area contributed by atoms with E-state index in [9.17, 15) is 9.59 Å². The molecule has 0 radical (unpaired) electrons. The van der Waals surface area contributed by atoms with E-state index in [0.29, 0.717) is 13.1 Å². The van der Waals surface area contributed by atoms with Crippen molar-refractivity contribution in [2.24, 2.45) is 5.73 Å². The monoisotopic (exact) mass is 229 g/mol. The first-order chi connectivity index (χ1) is 7.65. The maximum atomic E-state index is 11.8. The van der Waals surface area contributed by atoms with E-state index in [2.05, 4.69) is 17.0 Å². The van der Waals surface area contributed by atoms with E-state index in [1.807, 2.05) is 0 Å². The van der Waals surface area contributed by atoms with E-state index in [-0.39, 0.29) is 18.6 Å². The standard InChI is InChI=1S/C10H19N3O3/c1-2-4-12-8-3-5-13(9(8)14)6-7-16-10(11)15/h8,12H,2-7H2,1H3,(H2,11,15). The average Bonchev–Trinajstić information content (AvgIpc) is 2.57. The summed E-state index contributed by atoms with van der Waals surface area (Å²) in [6.45, 7) is 4.21. The highest BCUT2D eigenvalue weighted by molar-refractivity contribution is 5.84. The Hall–Kier alpha value is -1.30. The molecule has 1 rings (SSSR count). The molecule has 1 aliphatic heterocycles. The third kappa shape index (κ3) is 3.69. The summed E-state index contributed by atoms with van der Waals surface area (Å²) in [4.78, 5) is 23.8. The zero-order valence-corrected chi connectivity index (χ0v) is 9.57. The molecule has 0 aromatic heterocycles. The predicted molar refractivity (Wildman–Crippen MR) is 58.8 cm³/mol. The molecule has 0 aromatic carbocycles. The first-order valence-corrected chi connectivity index (χ1v) is 5.59. The zero-order chi connectivity index (χ0) is 12.0. The Balaban J connectivity index is 2.25. The van der Waals surface area contributed by atoms with Gasteiger partial charge in [-0.1, -0.05) is 6.92 Å². The molecule has 1 fully saturated rings. The first kappa shape index (κ1) is 12.8. The fourth-order valence-corrected chi connectivity index (χ4v) is 1.73. The smallest absolute Gasteiger partial charge is 0.404 e. The SMILES string of the molecule is CCCNC1CCN(CCOC(N)=O)C1=O. The van der Waals surface area contributed by atoms with Crippen molar-refractivity contribution in [2.75, 3.05) is 26.2 Å². The van der Waals surface area contributed by atoms with Crippen LogP contribution in [0.3, 0.4) is 0 Å². The van der Waals surface area contributed by atoms with Crippen molar-refractivity contribution >= 4 is 12.0 Å². The number of amides is 2. The van der Waals surface area contributed by atoms with Crippen molar-refractivity contribution in [3.8, 4) is 0 Å². The van der Waals surface area contributed by atoms with Gasteiger partial charge in [0.05, 0.1) is 12.6 Å². The van der Waals surface area contributed by atoms with Gasteiger partial charge in [-0.25, -0.2) is 4.79 Å². The lowest BCUT2D eigenvalue weighted by Crippen LogP contribution is -2.39. The summed E-state index contributed by atoms with van der Waals surface area (Å²) in [5, 5.41) is 3.19. The summed E-state index contributed by atoms with van der Waals surface area (Å²) >= 11 is 0. The van der Waals surface area contributed by atoms with Gasteiger partial charge in [0.1, 0.15) is 6.61 Å². The van der Waals surface area contributed by atoms with Gasteiger partial charge in [-0.2, -0.15) is 0 Å². The highest BCUT2D eigenvalue weighted by atomic mass is 16.5. The molecule has 1 unspecified atom stereocenters. The Morgan fingerprint density at radius 1 is 1.69 bits per heavy atom. The molecule has 1 saturated heterocycles. The van der Waals surface area contributed by atoms with Gasteiger partial charge in [0, 0.05) is 6.54 Å². The summed E-state index contributed by atoms with van der Waals surface area (Å²) in [6.07, 6.45) is 1.02. The molecular formula is C10H19N3O3. The van der Waals surface area contributed by atoms with Crippen molar-refractivity contribution in [3.05, 3.63) is 0 Å². The lowest BCUT2D eigenvalue weighted by Gasteiger charge is -2.16. The molecular weight excluding hydrogens is 210 g/mol. The van der Waals surface area contributed by atoms with Gasteiger partial charge in [-0.3, -0.25) is 4.79 Å². The number of likely N-dealkylation sites (tertiary alicyclic amines) is 1. The lowest BCUT2D eigenvalue weighted by atomic mass is 10.2. The lowest BCUT2D eigenvalue weighted by molar-refractivity contribution is -0.129. The molecule has 6 nitrogen and oxygen atoms in total. The van der Waals surface area contributed by atoms with Crippen LogP contribution in [0.25, 0.3) is 0 Å². The van der Waals surface area contributed by atoms with E-state index in [1.54, 1.807) is 4.90 Å². The largest absolute Gasteiger partial charge is 0.448 e. The number of primary amides is 1. The minimum absolute atomic E-state index is 0.0754. The number of rotatable bonds is 6. The van der Waals surface area contributed by atoms with Crippen LogP contribution in [0.2, 0.25) is 0 Å². The van der Waals surface area contributed by atoms with Crippen LogP contribution < -0.4 is 11.1 Å². The topological polar surface area (TPSA) is 84.7 Å². The number of hydrogen-bond donors (Lipinski definition) is 2. The molecule has 1 aliphatic rings. The molecule has 16 heavy (non-hydrogen) atoms. The van der Waals surface area contributed by atoms with Crippen LogP contribution in [0.5, 0.6) is 0 Å². The molecule has 0 aromatic rings. The number of hydrogen-bond acceptors (Lipinski definition) is 4. The minimum Gasteiger partial charge on any atom is -0.448 e. The van der Waals surface area contributed by atoms with Crippen molar-refractivity contribution < 1.29 is 14.3 Å². The predicted octanol–water partition coefficient (Wildman–Crippen LogP) is -0.318. The Kier molecular flexibility index (Phi) is 5.04. The van der Waals surface area contributed by atoms with Crippen LogP contribution in [-0.2, 0) is 9.53 Å². The number of carbonyl (C=O) groups is 2. The second-order valence-corrected chi connectivity index (χ2v) is 3.79. The molecule has 0 saturated carbocycles. The summed E-state index contributed by atoms with van der Waals surface area (Å²) in [7, 11) is 0. The number of nitrogens with zero attached hydrogens (tertiary/aromatic N) is 1. The Labute approximate surface area is 95.1 Å². The summed E-state index contributed by atoms with van der Waals surface area (Å²) in [6, 6.07) is -0.0754. The zero-order valence-electron chi connectivity index (χ0n) is 9.57. The Morgan fingerprint density at radius 3 is 3.06 bits per heavy atom. The third-order valence-corrected chi connectivity index (χ3v) is 2.54. The van der Waals surface area contributed by atoms with Crippen molar-refractivity contribution in [3.63, 3.8) is 0 Å². The van der Waals surface area contributed by atoms with Crippen molar-refractivity contribution in [1.29, 1.82) is 0 Å². The van der Waals surface area contributed by atoms with Gasteiger partial charge in [0.15, 0.2) is 0 Å². The molecule has 0 aliphatic carbocycles. The van der Waals surface area contributed by atoms with Gasteiger partial charge in [-0.05, 0) is 19.4 Å². The number of nitrogens with two attached hydrogens (primary N) is 1. The van der Waals surface area contributed by atoms with Crippen LogP contribution in [-0.4, -0.2) is 49.2 Å². The van der Waals surface area contributed by atoms with Crippen LogP contribution >= 0.6 is 0 Å². The maximum absolute atomic E-state index is 11.8. The number of ether oxygens (including phenoxy) is 1. The fraction of sp³-hybridized carbons (Fsp3) is 0.800. The van der Waals surface area contributed by atoms with Gasteiger partial charge < -0.3 is 20.7 Å². The van der Waals surface area contributed by atoms with E-state index in [1.165, 1.54) is 0 Å². The number of carbonyl (C=O) groups excluding carboxylic acids is 2. The molecule has 0 bridgehead atoms. The molecule has 92 valence electrons. The van der Waals surface area contributed by atoms with E-state index in [4.69, 9.17) is 5.73 Å². The minimum atomic E-state index is -0.799. The van der Waals surface area contributed by atoms with E-state index >= 15 is 0 Å². The van der Waals surface area contributed by atoms with Crippen LogP contribution in [0.1, 0.15) is 19.8 Å². The quantitative estimate of drug-likeness (QED) is 0.654. The highest BCUT2D eigenvalue weighted by Gasteiger charge is 2.30. The molecule has 1 atom stereocenters. The third-order valence-electron chi connectivity index (χ3n) is 2.54. The van der Waals surface area contributed by atoms with Crippen LogP contribution in [0, 0.1) is 0 Å². The van der Waals surface area contributed by atoms with Gasteiger partial charge in [-0.15, -0.1) is 0 Å². The van der Waals surface area contributed by atoms with Gasteiger partial charge >= 0.3 is 6.09 Å². The van der Waals surface area contributed by atoms with E-state index < -0.39 is 6.09 Å². The molecule has 1 heterocycles. The van der Waals surface area contributed by atoms with Gasteiger partial charge in [0.2, 0.25) is 5.91 Å². The summed E-state index contributed by atoms with van der Waals surface area (Å²) < 4.78 is 4.59. The summed E-state index contributed by atoms with van der Waals surface area (Å²) in [5.74, 6) is 0.0847. The second kappa shape index (κ2) is 6.32. The Bertz CT molecular complexity index is 258.